The van der Waals surface area contributed by atoms with Gasteiger partial charge in [-0.3, -0.25) is 0 Å². The molecule has 0 aliphatic rings. The molecule has 0 spiro atoms. The lowest BCUT2D eigenvalue weighted by Gasteiger charge is -2.12. The lowest BCUT2D eigenvalue weighted by molar-refractivity contribution is 0.258. The third-order valence-corrected chi connectivity index (χ3v) is 3.12. The summed E-state index contributed by atoms with van der Waals surface area (Å²) < 4.78 is 19.4. The van der Waals surface area contributed by atoms with Crippen molar-refractivity contribution in [2.75, 3.05) is 0 Å². The molecule has 0 amide bonds. The smallest absolute Gasteiger partial charge is 0.139 e. The molecular weight excluding hydrogens is 299 g/mol. The highest BCUT2D eigenvalue weighted by Crippen LogP contribution is 2.29. The summed E-state index contributed by atoms with van der Waals surface area (Å²) in [5.41, 5.74) is 1.44. The van der Waals surface area contributed by atoms with Gasteiger partial charge >= 0.3 is 0 Å². The van der Waals surface area contributed by atoms with Crippen LogP contribution in [0.3, 0.4) is 0 Å². The van der Waals surface area contributed by atoms with Crippen molar-refractivity contribution in [3.05, 3.63) is 63.9 Å². The number of para-hydroxylation sites is 1. The molecule has 2 rings (SSSR count). The number of hydrogen-bond acceptors (Lipinski definition) is 2. The van der Waals surface area contributed by atoms with Gasteiger partial charge in [-0.1, -0.05) is 24.3 Å². The number of aliphatic hydroxyl groups is 1. The average molecular weight is 311 g/mol. The molecule has 0 aliphatic heterocycles. The minimum Gasteiger partial charge on any atom is -0.487 e. The Morgan fingerprint density at radius 3 is 2.67 bits per heavy atom. The fourth-order valence-electron chi connectivity index (χ4n) is 1.62. The average Bonchev–Trinajstić information content (AvgIpc) is 2.37. The van der Waals surface area contributed by atoms with Gasteiger partial charge in [0.2, 0.25) is 0 Å². The molecule has 1 N–H and O–H groups in total. The minimum atomic E-state index is -0.286. The maximum absolute atomic E-state index is 13.0. The van der Waals surface area contributed by atoms with Crippen LogP contribution in [0, 0.1) is 5.82 Å². The van der Waals surface area contributed by atoms with Gasteiger partial charge in [0.1, 0.15) is 18.2 Å². The first-order chi connectivity index (χ1) is 8.70. The van der Waals surface area contributed by atoms with E-state index in [1.165, 1.54) is 12.1 Å². The molecule has 0 aliphatic carbocycles. The zero-order chi connectivity index (χ0) is 13.0. The molecule has 0 saturated carbocycles. The second-order valence-electron chi connectivity index (χ2n) is 3.80. The summed E-state index contributed by atoms with van der Waals surface area (Å²) in [5, 5.41) is 9.22. The van der Waals surface area contributed by atoms with Gasteiger partial charge in [-0.25, -0.2) is 4.39 Å². The van der Waals surface area contributed by atoms with Gasteiger partial charge < -0.3 is 9.84 Å². The van der Waals surface area contributed by atoms with E-state index in [9.17, 15) is 9.50 Å². The van der Waals surface area contributed by atoms with Gasteiger partial charge in [0.05, 0.1) is 11.1 Å². The van der Waals surface area contributed by atoms with Crippen LogP contribution in [-0.4, -0.2) is 5.11 Å². The molecule has 0 fully saturated rings. The zero-order valence-corrected chi connectivity index (χ0v) is 11.2. The van der Waals surface area contributed by atoms with Crippen LogP contribution >= 0.6 is 15.9 Å². The Balaban J connectivity index is 2.15. The van der Waals surface area contributed by atoms with Crippen LogP contribution in [0.4, 0.5) is 4.39 Å². The predicted octanol–water partition coefficient (Wildman–Crippen LogP) is 3.66. The number of rotatable bonds is 4. The summed E-state index contributed by atoms with van der Waals surface area (Å²) in [7, 11) is 0. The molecular formula is C14H12BrFO2. The summed E-state index contributed by atoms with van der Waals surface area (Å²) >= 11 is 3.37. The summed E-state index contributed by atoms with van der Waals surface area (Å²) in [6.07, 6.45) is 0. The fourth-order valence-corrected chi connectivity index (χ4v) is 2.14. The molecule has 0 saturated heterocycles. The van der Waals surface area contributed by atoms with E-state index in [4.69, 9.17) is 4.74 Å². The predicted molar refractivity (Wildman–Crippen MR) is 70.8 cm³/mol. The molecule has 2 nitrogen and oxygen atoms in total. The van der Waals surface area contributed by atoms with Crippen LogP contribution < -0.4 is 4.74 Å². The van der Waals surface area contributed by atoms with Crippen molar-refractivity contribution in [2.45, 2.75) is 13.2 Å². The van der Waals surface area contributed by atoms with E-state index in [0.29, 0.717) is 11.3 Å². The van der Waals surface area contributed by atoms with Crippen molar-refractivity contribution in [2.24, 2.45) is 0 Å². The van der Waals surface area contributed by atoms with Crippen molar-refractivity contribution in [3.8, 4) is 5.75 Å². The second-order valence-corrected chi connectivity index (χ2v) is 4.66. The summed E-state index contributed by atoms with van der Waals surface area (Å²) in [4.78, 5) is 0. The van der Waals surface area contributed by atoms with Crippen LogP contribution in [0.1, 0.15) is 11.1 Å². The topological polar surface area (TPSA) is 29.5 Å². The normalized spacial score (nSPS) is 10.4. The van der Waals surface area contributed by atoms with Crippen LogP contribution in [-0.2, 0) is 13.2 Å². The molecule has 0 radical (unpaired) electrons. The Morgan fingerprint density at radius 1 is 1.17 bits per heavy atom. The summed E-state index contributed by atoms with van der Waals surface area (Å²) in [5.74, 6) is 0.301. The van der Waals surface area contributed by atoms with Gasteiger partial charge in [0.25, 0.3) is 0 Å². The Kier molecular flexibility index (Phi) is 4.33. The molecule has 0 bridgehead atoms. The highest BCUT2D eigenvalue weighted by Gasteiger charge is 2.07. The first kappa shape index (κ1) is 13.1. The number of aliphatic hydroxyl groups excluding tert-OH is 1. The van der Waals surface area contributed by atoms with Crippen molar-refractivity contribution in [3.63, 3.8) is 0 Å². The van der Waals surface area contributed by atoms with Crippen LogP contribution in [0.5, 0.6) is 5.75 Å². The van der Waals surface area contributed by atoms with Gasteiger partial charge in [0.15, 0.2) is 0 Å². The highest BCUT2D eigenvalue weighted by molar-refractivity contribution is 9.10. The second kappa shape index (κ2) is 5.98. The van der Waals surface area contributed by atoms with E-state index < -0.39 is 0 Å². The monoisotopic (exact) mass is 310 g/mol. The maximum atomic E-state index is 13.0. The van der Waals surface area contributed by atoms with Crippen molar-refractivity contribution >= 4 is 15.9 Å². The van der Waals surface area contributed by atoms with Gasteiger partial charge in [-0.2, -0.15) is 0 Å². The van der Waals surface area contributed by atoms with Crippen LogP contribution in [0.2, 0.25) is 0 Å². The molecule has 0 atom stereocenters. The fraction of sp³-hybridized carbons (Fsp3) is 0.143. The Morgan fingerprint density at radius 2 is 1.94 bits per heavy atom. The van der Waals surface area contributed by atoms with Gasteiger partial charge in [-0.05, 0) is 39.7 Å². The summed E-state index contributed by atoms with van der Waals surface area (Å²) in [6.45, 7) is 0.158. The largest absolute Gasteiger partial charge is 0.487 e. The van der Waals surface area contributed by atoms with E-state index in [2.05, 4.69) is 15.9 Å². The molecule has 0 unspecified atom stereocenters. The van der Waals surface area contributed by atoms with Crippen LogP contribution in [0.25, 0.3) is 0 Å². The molecule has 2 aromatic rings. The molecule has 0 aromatic heterocycles. The van der Waals surface area contributed by atoms with Crippen LogP contribution in [0.15, 0.2) is 46.9 Å². The van der Waals surface area contributed by atoms with E-state index in [0.717, 1.165) is 10.0 Å². The third-order valence-electron chi connectivity index (χ3n) is 2.49. The van der Waals surface area contributed by atoms with E-state index in [1.54, 1.807) is 18.2 Å². The lowest BCUT2D eigenvalue weighted by Crippen LogP contribution is -2.00. The van der Waals surface area contributed by atoms with Crippen molar-refractivity contribution in [1.29, 1.82) is 0 Å². The first-order valence-corrected chi connectivity index (χ1v) is 6.25. The van der Waals surface area contributed by atoms with E-state index in [-0.39, 0.29) is 19.0 Å². The van der Waals surface area contributed by atoms with Gasteiger partial charge in [-0.15, -0.1) is 0 Å². The third kappa shape index (κ3) is 3.09. The minimum absolute atomic E-state index is 0.0993. The lowest BCUT2D eigenvalue weighted by atomic mass is 10.2. The molecule has 4 heteroatoms. The zero-order valence-electron chi connectivity index (χ0n) is 9.57. The van der Waals surface area contributed by atoms with E-state index >= 15 is 0 Å². The standard InChI is InChI=1S/C14H12BrFO2/c15-13-6-2-4-11(8-17)14(13)18-9-10-3-1-5-12(16)7-10/h1-7,17H,8-9H2. The van der Waals surface area contributed by atoms with E-state index in [1.807, 2.05) is 12.1 Å². The molecule has 2 aromatic carbocycles. The summed E-state index contributed by atoms with van der Waals surface area (Å²) in [6, 6.07) is 11.7. The molecule has 18 heavy (non-hydrogen) atoms. The van der Waals surface area contributed by atoms with Gasteiger partial charge in [0, 0.05) is 5.56 Å². The Labute approximate surface area is 113 Å². The Hall–Kier alpha value is -1.39. The number of hydrogen-bond donors (Lipinski definition) is 1. The number of halogens is 2. The maximum Gasteiger partial charge on any atom is 0.139 e. The molecule has 0 heterocycles. The SMILES string of the molecule is OCc1cccc(Br)c1OCc1cccc(F)c1. The van der Waals surface area contributed by atoms with Crippen molar-refractivity contribution in [1.82, 2.24) is 0 Å². The highest BCUT2D eigenvalue weighted by atomic mass is 79.9. The Bertz CT molecular complexity index is 543. The van der Waals surface area contributed by atoms with Crippen molar-refractivity contribution < 1.29 is 14.2 Å². The first-order valence-electron chi connectivity index (χ1n) is 5.46. The number of benzene rings is 2. The molecule has 94 valence electrons. The quantitative estimate of drug-likeness (QED) is 0.934. The number of ether oxygens (including phenoxy) is 1.